The Bertz CT molecular complexity index is 1280. The van der Waals surface area contributed by atoms with Crippen LogP contribution in [-0.4, -0.2) is 34.5 Å². The van der Waals surface area contributed by atoms with Gasteiger partial charge in [-0.05, 0) is 55.2 Å². The molecule has 0 saturated carbocycles. The molecule has 3 aromatic carbocycles. The molecule has 0 aliphatic rings. The molecule has 0 saturated heterocycles. The van der Waals surface area contributed by atoms with Crippen LogP contribution in [0.1, 0.15) is 42.0 Å². The van der Waals surface area contributed by atoms with Crippen molar-refractivity contribution in [2.75, 3.05) is 13.2 Å². The molecule has 180 valence electrons. The Labute approximate surface area is 204 Å². The first-order valence-corrected chi connectivity index (χ1v) is 11.9. The number of hydrogen-bond donors (Lipinski definition) is 3. The third kappa shape index (κ3) is 5.74. The highest BCUT2D eigenvalue weighted by Gasteiger charge is 2.22. The molecule has 7 heteroatoms. The van der Waals surface area contributed by atoms with Crippen molar-refractivity contribution in [1.29, 1.82) is 5.41 Å². The van der Waals surface area contributed by atoms with Crippen LogP contribution in [0.3, 0.4) is 0 Å². The van der Waals surface area contributed by atoms with Crippen LogP contribution in [0.2, 0.25) is 0 Å². The Morgan fingerprint density at radius 2 is 1.69 bits per heavy atom. The molecule has 1 atom stereocenters. The molecule has 1 heterocycles. The zero-order chi connectivity index (χ0) is 24.6. The molecule has 1 aromatic heterocycles. The van der Waals surface area contributed by atoms with Crippen molar-refractivity contribution in [3.63, 3.8) is 0 Å². The number of imidazole rings is 1. The minimum absolute atomic E-state index is 0.134. The molecule has 0 radical (unpaired) electrons. The summed E-state index contributed by atoms with van der Waals surface area (Å²) < 4.78 is 14.7. The van der Waals surface area contributed by atoms with E-state index in [1.165, 1.54) is 0 Å². The van der Waals surface area contributed by atoms with E-state index in [1.54, 1.807) is 0 Å². The standard InChI is InChI=1S/C28H30FN5O/c1-2-34-25-13-7-6-11-23(25)32-27(34)24(12-8-18-31-26(30)19-29)33-28(35)22-16-14-21(15-17-22)20-9-4-3-5-10-20/h3-7,9-11,13-17,24H,2,8,12,18-19H2,1H3,(H2,30,31)(H,33,35)/t24-/m0/s1. The van der Waals surface area contributed by atoms with Crippen LogP contribution in [0.25, 0.3) is 22.2 Å². The minimum atomic E-state index is -0.815. The lowest BCUT2D eigenvalue weighted by Gasteiger charge is -2.20. The number of nitrogens with zero attached hydrogens (tertiary/aromatic N) is 2. The first kappa shape index (κ1) is 24.1. The lowest BCUT2D eigenvalue weighted by atomic mass is 10.0. The van der Waals surface area contributed by atoms with Gasteiger partial charge < -0.3 is 15.2 Å². The summed E-state index contributed by atoms with van der Waals surface area (Å²) in [5.74, 6) is 0.488. The van der Waals surface area contributed by atoms with Gasteiger partial charge in [0.25, 0.3) is 5.91 Å². The summed E-state index contributed by atoms with van der Waals surface area (Å²) in [6, 6.07) is 25.2. The van der Waals surface area contributed by atoms with Crippen molar-refractivity contribution in [2.24, 2.45) is 0 Å². The molecule has 0 unspecified atom stereocenters. The fraction of sp³-hybridized carbons (Fsp3) is 0.250. The molecular formula is C28H30FN5O. The Morgan fingerprint density at radius 3 is 2.40 bits per heavy atom. The quantitative estimate of drug-likeness (QED) is 0.162. The first-order valence-electron chi connectivity index (χ1n) is 11.9. The topological polar surface area (TPSA) is 82.8 Å². The van der Waals surface area contributed by atoms with Crippen LogP contribution >= 0.6 is 0 Å². The van der Waals surface area contributed by atoms with Gasteiger partial charge >= 0.3 is 0 Å². The minimum Gasteiger partial charge on any atom is -0.372 e. The maximum atomic E-state index is 13.2. The van der Waals surface area contributed by atoms with Crippen molar-refractivity contribution in [3.8, 4) is 11.1 Å². The number of nitrogens with one attached hydrogen (secondary N) is 3. The number of rotatable bonds is 10. The average molecular weight is 472 g/mol. The van der Waals surface area contributed by atoms with Crippen molar-refractivity contribution >= 4 is 22.8 Å². The number of halogens is 1. The van der Waals surface area contributed by atoms with Crippen LogP contribution < -0.4 is 10.6 Å². The molecule has 4 aromatic rings. The number of amidine groups is 1. The van der Waals surface area contributed by atoms with E-state index in [0.717, 1.165) is 34.5 Å². The average Bonchev–Trinajstić information content (AvgIpc) is 3.29. The molecule has 35 heavy (non-hydrogen) atoms. The fourth-order valence-electron chi connectivity index (χ4n) is 4.24. The normalized spacial score (nSPS) is 11.8. The first-order chi connectivity index (χ1) is 17.1. The van der Waals surface area contributed by atoms with E-state index in [-0.39, 0.29) is 17.8 Å². The van der Waals surface area contributed by atoms with Gasteiger partial charge in [-0.15, -0.1) is 0 Å². The third-order valence-electron chi connectivity index (χ3n) is 6.01. The molecule has 0 fully saturated rings. The molecule has 3 N–H and O–H groups in total. The maximum absolute atomic E-state index is 13.2. The molecule has 6 nitrogen and oxygen atoms in total. The van der Waals surface area contributed by atoms with Crippen molar-refractivity contribution in [1.82, 2.24) is 20.2 Å². The summed E-state index contributed by atoms with van der Waals surface area (Å²) in [7, 11) is 0. The van der Waals surface area contributed by atoms with E-state index in [4.69, 9.17) is 10.4 Å². The largest absolute Gasteiger partial charge is 0.372 e. The van der Waals surface area contributed by atoms with Gasteiger partial charge in [-0.3, -0.25) is 10.2 Å². The van der Waals surface area contributed by atoms with Gasteiger partial charge in [-0.1, -0.05) is 54.6 Å². The molecular weight excluding hydrogens is 441 g/mol. The monoisotopic (exact) mass is 471 g/mol. The summed E-state index contributed by atoms with van der Waals surface area (Å²) in [6.07, 6.45) is 1.25. The number of aromatic nitrogens is 2. The van der Waals surface area contributed by atoms with Crippen LogP contribution in [0, 0.1) is 5.41 Å². The zero-order valence-corrected chi connectivity index (χ0v) is 19.8. The van der Waals surface area contributed by atoms with E-state index < -0.39 is 6.67 Å². The van der Waals surface area contributed by atoms with Crippen LogP contribution in [-0.2, 0) is 6.54 Å². The molecule has 0 aliphatic heterocycles. The van der Waals surface area contributed by atoms with E-state index >= 15 is 0 Å². The van der Waals surface area contributed by atoms with Gasteiger partial charge in [-0.25, -0.2) is 9.37 Å². The highest BCUT2D eigenvalue weighted by molar-refractivity contribution is 5.95. The lowest BCUT2D eigenvalue weighted by Crippen LogP contribution is -2.32. The maximum Gasteiger partial charge on any atom is 0.251 e. The predicted molar refractivity (Wildman–Crippen MR) is 138 cm³/mol. The molecule has 0 bridgehead atoms. The number of carbonyl (C=O) groups is 1. The van der Waals surface area contributed by atoms with E-state index in [1.807, 2.05) is 78.9 Å². The number of amides is 1. The number of fused-ring (bicyclic) bond motifs is 1. The van der Waals surface area contributed by atoms with E-state index in [0.29, 0.717) is 24.9 Å². The highest BCUT2D eigenvalue weighted by atomic mass is 19.1. The zero-order valence-electron chi connectivity index (χ0n) is 19.8. The van der Waals surface area contributed by atoms with Gasteiger partial charge in [0.2, 0.25) is 0 Å². The molecule has 1 amide bonds. The SMILES string of the molecule is CCn1c([C@H](CCCNC(=N)CF)NC(=O)c2ccc(-c3ccccc3)cc2)nc2ccccc21. The highest BCUT2D eigenvalue weighted by Crippen LogP contribution is 2.25. The van der Waals surface area contributed by atoms with Gasteiger partial charge in [-0.2, -0.15) is 0 Å². The van der Waals surface area contributed by atoms with Crippen LogP contribution in [0.5, 0.6) is 0 Å². The smallest absolute Gasteiger partial charge is 0.251 e. The summed E-state index contributed by atoms with van der Waals surface area (Å²) in [5, 5.41) is 13.4. The van der Waals surface area contributed by atoms with Gasteiger partial charge in [0, 0.05) is 18.7 Å². The van der Waals surface area contributed by atoms with Crippen molar-refractivity contribution < 1.29 is 9.18 Å². The summed E-state index contributed by atoms with van der Waals surface area (Å²) >= 11 is 0. The molecule has 4 rings (SSSR count). The number of carbonyl (C=O) groups excluding carboxylic acids is 1. The Balaban J connectivity index is 1.55. The Hall–Kier alpha value is -4.00. The Kier molecular flexibility index (Phi) is 7.88. The number of hydrogen-bond acceptors (Lipinski definition) is 3. The number of alkyl halides is 1. The second-order valence-electron chi connectivity index (χ2n) is 8.35. The second kappa shape index (κ2) is 11.4. The molecule has 0 aliphatic carbocycles. The number of aryl methyl sites for hydroxylation is 1. The fourth-order valence-corrected chi connectivity index (χ4v) is 4.24. The van der Waals surface area contributed by atoms with Gasteiger partial charge in [0.1, 0.15) is 18.3 Å². The number of benzene rings is 3. The van der Waals surface area contributed by atoms with Crippen molar-refractivity contribution in [3.05, 3.63) is 90.3 Å². The van der Waals surface area contributed by atoms with Crippen LogP contribution in [0.4, 0.5) is 4.39 Å². The summed E-state index contributed by atoms with van der Waals surface area (Å²) in [5.41, 5.74) is 4.63. The number of para-hydroxylation sites is 2. The predicted octanol–water partition coefficient (Wildman–Crippen LogP) is 5.51. The van der Waals surface area contributed by atoms with Gasteiger partial charge in [0.05, 0.1) is 17.1 Å². The lowest BCUT2D eigenvalue weighted by molar-refractivity contribution is 0.0931. The van der Waals surface area contributed by atoms with Gasteiger partial charge in [0.15, 0.2) is 0 Å². The van der Waals surface area contributed by atoms with E-state index in [9.17, 15) is 9.18 Å². The second-order valence-corrected chi connectivity index (χ2v) is 8.35. The van der Waals surface area contributed by atoms with E-state index in [2.05, 4.69) is 22.1 Å². The molecule has 0 spiro atoms. The summed E-state index contributed by atoms with van der Waals surface area (Å²) in [4.78, 5) is 18.1. The van der Waals surface area contributed by atoms with Crippen LogP contribution in [0.15, 0.2) is 78.9 Å². The Morgan fingerprint density at radius 1 is 1.00 bits per heavy atom. The van der Waals surface area contributed by atoms with Crippen molar-refractivity contribution in [2.45, 2.75) is 32.4 Å². The summed E-state index contributed by atoms with van der Waals surface area (Å²) in [6.45, 7) is 2.42. The third-order valence-corrected chi connectivity index (χ3v) is 6.01.